The summed E-state index contributed by atoms with van der Waals surface area (Å²) < 4.78 is 11.1. The largest absolute Gasteiger partial charge is 0.388 e. The molecule has 1 unspecified atom stereocenters. The van der Waals surface area contributed by atoms with E-state index in [9.17, 15) is 0 Å². The minimum atomic E-state index is 0.199. The third-order valence-electron chi connectivity index (χ3n) is 3.26. The van der Waals surface area contributed by atoms with E-state index in [1.54, 1.807) is 0 Å². The Bertz CT molecular complexity index is 233. The van der Waals surface area contributed by atoms with Crippen molar-refractivity contribution < 1.29 is 9.47 Å². The maximum Gasteiger partial charge on any atom is 0.0911 e. The van der Waals surface area contributed by atoms with Crippen LogP contribution < -0.4 is 5.73 Å². The van der Waals surface area contributed by atoms with Gasteiger partial charge in [-0.1, -0.05) is 0 Å². The summed E-state index contributed by atoms with van der Waals surface area (Å²) in [5.74, 6) is 0.285. The second kappa shape index (κ2) is 4.49. The van der Waals surface area contributed by atoms with Crippen LogP contribution in [0.4, 0.5) is 0 Å². The molecular weight excluding hydrogens is 192 g/mol. The molecule has 1 aliphatic heterocycles. The van der Waals surface area contributed by atoms with E-state index in [1.165, 1.54) is 0 Å². The van der Waals surface area contributed by atoms with Crippen molar-refractivity contribution in [2.24, 2.45) is 11.1 Å². The van der Waals surface area contributed by atoms with Crippen LogP contribution in [0, 0.1) is 10.8 Å². The van der Waals surface area contributed by atoms with Crippen LogP contribution >= 0.6 is 0 Å². The van der Waals surface area contributed by atoms with E-state index in [1.807, 2.05) is 0 Å². The number of hydrogen-bond acceptors (Lipinski definition) is 3. The van der Waals surface area contributed by atoms with Crippen LogP contribution in [-0.4, -0.2) is 31.8 Å². The van der Waals surface area contributed by atoms with Crippen molar-refractivity contribution in [1.29, 1.82) is 5.41 Å². The van der Waals surface area contributed by atoms with Crippen LogP contribution in [0.15, 0.2) is 0 Å². The highest BCUT2D eigenvalue weighted by atomic mass is 16.5. The highest BCUT2D eigenvalue weighted by molar-refractivity contribution is 5.78. The van der Waals surface area contributed by atoms with E-state index in [4.69, 9.17) is 20.6 Å². The van der Waals surface area contributed by atoms with Crippen molar-refractivity contribution in [3.05, 3.63) is 0 Å². The summed E-state index contributed by atoms with van der Waals surface area (Å²) in [5, 5.41) is 7.29. The Morgan fingerprint density at radius 2 is 2.33 bits per heavy atom. The standard InChI is InChI=1S/C11H20N2O2/c12-10(13)6-11(3-4-11)8-14-7-9-2-1-5-15-9/h9H,1-8H2,(H3,12,13). The molecule has 1 saturated heterocycles. The number of nitrogens with one attached hydrogen (secondary N) is 1. The van der Waals surface area contributed by atoms with Gasteiger partial charge in [-0.15, -0.1) is 0 Å². The molecule has 0 aromatic heterocycles. The molecule has 0 aromatic rings. The normalized spacial score (nSPS) is 27.9. The van der Waals surface area contributed by atoms with Gasteiger partial charge in [0.25, 0.3) is 0 Å². The van der Waals surface area contributed by atoms with E-state index in [2.05, 4.69) is 0 Å². The highest BCUT2D eigenvalue weighted by Crippen LogP contribution is 2.48. The lowest BCUT2D eigenvalue weighted by molar-refractivity contribution is 0.00229. The predicted molar refractivity (Wildman–Crippen MR) is 58.0 cm³/mol. The van der Waals surface area contributed by atoms with Crippen molar-refractivity contribution in [3.63, 3.8) is 0 Å². The Morgan fingerprint density at radius 3 is 2.87 bits per heavy atom. The van der Waals surface area contributed by atoms with Gasteiger partial charge in [-0.25, -0.2) is 0 Å². The smallest absolute Gasteiger partial charge is 0.0911 e. The van der Waals surface area contributed by atoms with Gasteiger partial charge >= 0.3 is 0 Å². The predicted octanol–water partition coefficient (Wildman–Crippen LogP) is 1.29. The third-order valence-corrected chi connectivity index (χ3v) is 3.26. The topological polar surface area (TPSA) is 68.3 Å². The van der Waals surface area contributed by atoms with Gasteiger partial charge in [0.2, 0.25) is 0 Å². The zero-order chi connectivity index (χ0) is 10.7. The second-order valence-corrected chi connectivity index (χ2v) is 4.85. The Balaban J connectivity index is 1.62. The van der Waals surface area contributed by atoms with Crippen molar-refractivity contribution in [2.45, 2.75) is 38.2 Å². The van der Waals surface area contributed by atoms with E-state index in [0.717, 1.165) is 38.9 Å². The molecule has 0 radical (unpaired) electrons. The van der Waals surface area contributed by atoms with Gasteiger partial charge in [0.1, 0.15) is 0 Å². The average Bonchev–Trinajstić information content (AvgIpc) is 2.74. The molecule has 0 aromatic carbocycles. The molecule has 0 spiro atoms. The first kappa shape index (κ1) is 10.9. The van der Waals surface area contributed by atoms with Gasteiger partial charge in [-0.3, -0.25) is 5.41 Å². The van der Waals surface area contributed by atoms with Crippen molar-refractivity contribution >= 4 is 5.84 Å². The van der Waals surface area contributed by atoms with Gasteiger partial charge in [0.05, 0.1) is 25.2 Å². The summed E-state index contributed by atoms with van der Waals surface area (Å²) in [5.41, 5.74) is 5.61. The van der Waals surface area contributed by atoms with Crippen LogP contribution in [0.2, 0.25) is 0 Å². The number of hydrogen-bond donors (Lipinski definition) is 2. The van der Waals surface area contributed by atoms with Crippen LogP contribution in [0.25, 0.3) is 0 Å². The first-order chi connectivity index (χ1) is 7.20. The molecule has 4 heteroatoms. The zero-order valence-corrected chi connectivity index (χ0v) is 9.13. The lowest BCUT2D eigenvalue weighted by atomic mass is 10.0. The van der Waals surface area contributed by atoms with Crippen LogP contribution in [-0.2, 0) is 9.47 Å². The summed E-state index contributed by atoms with van der Waals surface area (Å²) in [7, 11) is 0. The maximum atomic E-state index is 7.29. The van der Waals surface area contributed by atoms with Gasteiger partial charge in [-0.05, 0) is 25.7 Å². The Hall–Kier alpha value is -0.610. The van der Waals surface area contributed by atoms with Gasteiger partial charge in [-0.2, -0.15) is 0 Å². The van der Waals surface area contributed by atoms with E-state index in [0.29, 0.717) is 19.1 Å². The lowest BCUT2D eigenvalue weighted by Gasteiger charge is -2.16. The molecule has 1 saturated carbocycles. The molecule has 2 rings (SSSR count). The fraction of sp³-hybridized carbons (Fsp3) is 0.909. The quantitative estimate of drug-likeness (QED) is 0.515. The maximum absolute atomic E-state index is 7.29. The molecule has 2 aliphatic rings. The van der Waals surface area contributed by atoms with Gasteiger partial charge in [0, 0.05) is 18.4 Å². The summed E-state index contributed by atoms with van der Waals surface area (Å²) in [6, 6.07) is 0. The molecular formula is C11H20N2O2. The zero-order valence-electron chi connectivity index (χ0n) is 9.13. The molecule has 15 heavy (non-hydrogen) atoms. The van der Waals surface area contributed by atoms with E-state index < -0.39 is 0 Å². The number of nitrogens with two attached hydrogens (primary N) is 1. The Labute approximate surface area is 90.6 Å². The lowest BCUT2D eigenvalue weighted by Crippen LogP contribution is -2.23. The monoisotopic (exact) mass is 212 g/mol. The Morgan fingerprint density at radius 1 is 1.53 bits per heavy atom. The SMILES string of the molecule is N=C(N)CC1(COCC2CCCO2)CC1. The molecule has 0 bridgehead atoms. The van der Waals surface area contributed by atoms with Crippen molar-refractivity contribution in [2.75, 3.05) is 19.8 Å². The van der Waals surface area contributed by atoms with Gasteiger partial charge < -0.3 is 15.2 Å². The minimum absolute atomic E-state index is 0.199. The molecule has 3 N–H and O–H groups in total. The molecule has 0 amide bonds. The summed E-state index contributed by atoms with van der Waals surface area (Å²) in [6.45, 7) is 2.33. The van der Waals surface area contributed by atoms with E-state index in [-0.39, 0.29) is 11.3 Å². The highest BCUT2D eigenvalue weighted by Gasteiger charge is 2.43. The number of ether oxygens (including phenoxy) is 2. The first-order valence-corrected chi connectivity index (χ1v) is 5.72. The van der Waals surface area contributed by atoms with Crippen molar-refractivity contribution in [3.8, 4) is 0 Å². The first-order valence-electron chi connectivity index (χ1n) is 5.72. The molecule has 1 aliphatic carbocycles. The molecule has 86 valence electrons. The summed E-state index contributed by atoms with van der Waals surface area (Å²) >= 11 is 0. The van der Waals surface area contributed by atoms with Crippen LogP contribution in [0.3, 0.4) is 0 Å². The number of rotatable bonds is 6. The third kappa shape index (κ3) is 3.18. The van der Waals surface area contributed by atoms with Crippen LogP contribution in [0.1, 0.15) is 32.1 Å². The van der Waals surface area contributed by atoms with Crippen LogP contribution in [0.5, 0.6) is 0 Å². The minimum Gasteiger partial charge on any atom is -0.388 e. The Kier molecular flexibility index (Phi) is 3.26. The van der Waals surface area contributed by atoms with E-state index >= 15 is 0 Å². The van der Waals surface area contributed by atoms with Crippen molar-refractivity contribution in [1.82, 2.24) is 0 Å². The summed E-state index contributed by atoms with van der Waals surface area (Å²) in [4.78, 5) is 0. The molecule has 4 nitrogen and oxygen atoms in total. The molecule has 1 heterocycles. The number of amidine groups is 1. The average molecular weight is 212 g/mol. The fourth-order valence-corrected chi connectivity index (χ4v) is 2.14. The molecule has 1 atom stereocenters. The van der Waals surface area contributed by atoms with Gasteiger partial charge in [0.15, 0.2) is 0 Å². The second-order valence-electron chi connectivity index (χ2n) is 4.85. The fourth-order valence-electron chi connectivity index (χ4n) is 2.14. The summed E-state index contributed by atoms with van der Waals surface area (Å²) in [6.07, 6.45) is 5.58. The molecule has 2 fully saturated rings.